The molecule has 1 aromatic carbocycles. The van der Waals surface area contributed by atoms with Crippen LogP contribution in [0.15, 0.2) is 53.3 Å². The fraction of sp³-hybridized carbons (Fsp3) is 0.469. The Labute approximate surface area is 266 Å². The zero-order valence-corrected chi connectivity index (χ0v) is 26.8. The third-order valence-corrected chi connectivity index (χ3v) is 11.0. The summed E-state index contributed by atoms with van der Waals surface area (Å²) in [5.41, 5.74) is 3.45. The molecule has 10 nitrogen and oxygen atoms in total. The number of allylic oxidation sites excluding steroid dienone is 1. The summed E-state index contributed by atoms with van der Waals surface area (Å²) in [7, 11) is -3.85. The molecule has 46 heavy (non-hydrogen) atoms. The minimum Gasteiger partial charge on any atom is -0.466 e. The molecule has 3 aromatic rings. The summed E-state index contributed by atoms with van der Waals surface area (Å²) in [4.78, 5) is 15.3. The number of hydrogen-bond acceptors (Lipinski definition) is 8. The fourth-order valence-electron chi connectivity index (χ4n) is 6.78. The van der Waals surface area contributed by atoms with Crippen molar-refractivity contribution in [1.82, 2.24) is 29.1 Å². The van der Waals surface area contributed by atoms with E-state index in [4.69, 9.17) is 4.74 Å². The Hall–Kier alpha value is -3.91. The van der Waals surface area contributed by atoms with Crippen molar-refractivity contribution in [1.29, 1.82) is 0 Å². The lowest BCUT2D eigenvalue weighted by Gasteiger charge is -2.39. The lowest BCUT2D eigenvalue weighted by Crippen LogP contribution is -2.46. The number of nitrogens with zero attached hydrogens (tertiary/aromatic N) is 5. The molecule has 3 aliphatic rings. The van der Waals surface area contributed by atoms with Gasteiger partial charge in [0.05, 0.1) is 13.0 Å². The van der Waals surface area contributed by atoms with Crippen molar-refractivity contribution in [2.24, 2.45) is 0 Å². The van der Waals surface area contributed by atoms with E-state index in [1.165, 1.54) is 6.20 Å². The van der Waals surface area contributed by atoms with E-state index in [0.717, 1.165) is 41.3 Å². The van der Waals surface area contributed by atoms with Gasteiger partial charge in [-0.05, 0) is 80.0 Å². The molecule has 1 N–H and O–H groups in total. The summed E-state index contributed by atoms with van der Waals surface area (Å²) in [5, 5.41) is 10.5. The van der Waals surface area contributed by atoms with Gasteiger partial charge in [-0.1, -0.05) is 24.3 Å². The maximum absolute atomic E-state index is 14.1. The molecule has 1 saturated heterocycles. The summed E-state index contributed by atoms with van der Waals surface area (Å²) in [6.07, 6.45) is 2.93. The average molecular weight is 659 g/mol. The normalized spacial score (nSPS) is 20.6. The molecular formula is C32H37F3N6O4S. The number of fused-ring (bicyclic) bond motifs is 3. The molecule has 0 amide bonds. The van der Waals surface area contributed by atoms with Crippen molar-refractivity contribution < 1.29 is 31.1 Å². The van der Waals surface area contributed by atoms with Gasteiger partial charge in [0.1, 0.15) is 10.7 Å². The van der Waals surface area contributed by atoms with E-state index in [9.17, 15) is 26.4 Å². The number of hydrogen-bond donors (Lipinski definition) is 1. The summed E-state index contributed by atoms with van der Waals surface area (Å²) >= 11 is 0. The van der Waals surface area contributed by atoms with Gasteiger partial charge in [-0.2, -0.15) is 17.5 Å². The maximum Gasteiger partial charge on any atom is 0.452 e. The number of aromatic nitrogens is 3. The van der Waals surface area contributed by atoms with E-state index in [1.54, 1.807) is 30.3 Å². The first-order valence-corrected chi connectivity index (χ1v) is 16.9. The number of aryl methyl sites for hydroxylation is 2. The molecule has 1 unspecified atom stereocenters. The highest BCUT2D eigenvalue weighted by atomic mass is 32.2. The number of halogens is 3. The number of sulfonamides is 1. The molecule has 0 saturated carbocycles. The summed E-state index contributed by atoms with van der Waals surface area (Å²) in [6, 6.07) is 7.24. The van der Waals surface area contributed by atoms with Crippen LogP contribution in [0.25, 0.3) is 5.65 Å². The first kappa shape index (κ1) is 32.0. The van der Waals surface area contributed by atoms with Gasteiger partial charge in [0, 0.05) is 44.3 Å². The minimum absolute atomic E-state index is 0.0363. The van der Waals surface area contributed by atoms with Gasteiger partial charge < -0.3 is 15.0 Å². The summed E-state index contributed by atoms with van der Waals surface area (Å²) in [5.74, 6) is -1.52. The molecule has 2 aromatic heterocycles. The first-order chi connectivity index (χ1) is 21.9. The van der Waals surface area contributed by atoms with Crippen LogP contribution >= 0.6 is 0 Å². The predicted molar refractivity (Wildman–Crippen MR) is 165 cm³/mol. The zero-order chi connectivity index (χ0) is 32.8. The molecule has 5 heterocycles. The molecule has 14 heteroatoms. The van der Waals surface area contributed by atoms with Crippen LogP contribution in [0.5, 0.6) is 0 Å². The van der Waals surface area contributed by atoms with Crippen LogP contribution < -0.4 is 5.32 Å². The number of rotatable bonds is 7. The third-order valence-electron chi connectivity index (χ3n) is 9.13. The molecule has 0 radical (unpaired) electrons. The maximum atomic E-state index is 14.1. The quantitative estimate of drug-likeness (QED) is 0.362. The molecule has 6 rings (SSSR count). The minimum atomic E-state index is -4.69. The van der Waals surface area contributed by atoms with E-state index in [2.05, 4.69) is 20.4 Å². The number of nitrogens with one attached hydrogen (secondary N) is 1. The topological polar surface area (TPSA) is 109 Å². The molecule has 2 atom stereocenters. The van der Waals surface area contributed by atoms with Crippen LogP contribution in [-0.2, 0) is 32.3 Å². The molecule has 0 bridgehead atoms. The zero-order valence-electron chi connectivity index (χ0n) is 26.0. The van der Waals surface area contributed by atoms with Gasteiger partial charge in [0.2, 0.25) is 15.8 Å². The lowest BCUT2D eigenvalue weighted by molar-refractivity contribution is -0.145. The fourth-order valence-corrected chi connectivity index (χ4v) is 8.43. The Kier molecular flexibility index (Phi) is 8.61. The van der Waals surface area contributed by atoms with Gasteiger partial charge in [-0.25, -0.2) is 8.42 Å². The predicted octanol–water partition coefficient (Wildman–Crippen LogP) is 4.78. The number of ether oxygens (including phenoxy) is 1. The number of benzene rings is 1. The van der Waals surface area contributed by atoms with E-state index < -0.39 is 33.9 Å². The van der Waals surface area contributed by atoms with Crippen LogP contribution in [0.4, 0.5) is 13.2 Å². The number of piperidine rings is 1. The van der Waals surface area contributed by atoms with Crippen LogP contribution in [0.1, 0.15) is 72.2 Å². The lowest BCUT2D eigenvalue weighted by atomic mass is 9.85. The van der Waals surface area contributed by atoms with E-state index in [1.807, 2.05) is 31.2 Å². The van der Waals surface area contributed by atoms with Crippen LogP contribution in [-0.4, -0.2) is 70.5 Å². The second-order valence-corrected chi connectivity index (χ2v) is 13.9. The molecule has 246 valence electrons. The van der Waals surface area contributed by atoms with Gasteiger partial charge in [-0.3, -0.25) is 9.20 Å². The van der Waals surface area contributed by atoms with E-state index in [0.29, 0.717) is 35.6 Å². The van der Waals surface area contributed by atoms with Crippen molar-refractivity contribution >= 4 is 21.6 Å². The summed E-state index contributed by atoms with van der Waals surface area (Å²) in [6.45, 7) is 7.27. The van der Waals surface area contributed by atoms with E-state index >= 15 is 0 Å². The number of dihydropyridines is 1. The Morgan fingerprint density at radius 2 is 1.98 bits per heavy atom. The van der Waals surface area contributed by atoms with Crippen molar-refractivity contribution in [2.75, 3.05) is 26.2 Å². The van der Waals surface area contributed by atoms with Crippen LogP contribution in [0.2, 0.25) is 0 Å². The number of esters is 1. The number of alkyl halides is 3. The molecular weight excluding hydrogens is 621 g/mol. The Bertz CT molecular complexity index is 1830. The van der Waals surface area contributed by atoms with Crippen molar-refractivity contribution in [3.63, 3.8) is 0 Å². The second kappa shape index (κ2) is 12.4. The molecule has 1 fully saturated rings. The van der Waals surface area contributed by atoms with Gasteiger partial charge in [0.25, 0.3) is 0 Å². The monoisotopic (exact) mass is 658 g/mol. The highest BCUT2D eigenvalue weighted by Gasteiger charge is 2.40. The third kappa shape index (κ3) is 5.88. The molecule has 3 aliphatic heterocycles. The number of pyridine rings is 1. The van der Waals surface area contributed by atoms with E-state index in [-0.39, 0.29) is 36.2 Å². The summed E-state index contributed by atoms with van der Waals surface area (Å²) < 4.78 is 76.6. The Balaban J connectivity index is 1.40. The van der Waals surface area contributed by atoms with Crippen molar-refractivity contribution in [2.45, 2.75) is 71.1 Å². The van der Waals surface area contributed by atoms with Gasteiger partial charge in [0.15, 0.2) is 5.65 Å². The average Bonchev–Trinajstić information content (AvgIpc) is 3.44. The second-order valence-electron chi connectivity index (χ2n) is 12.0. The standard InChI is InChI=1S/C32H37F3N6O4S/c1-4-45-28(42)17-26(25-12-15-41-29(21(25)3)37-38-31(41)32(33,34)35)22-11-10-20(2)23(16-22)18-39-19-24-8-5-6-14-40(24)30-27(46(39,43)44)9-7-13-36-30/h7,9-12,15-16,24,26,36H,4-6,8,13-14,17-19H2,1-3H3/t24-,26?/m0/s1. The largest absolute Gasteiger partial charge is 0.466 e. The highest BCUT2D eigenvalue weighted by Crippen LogP contribution is 2.37. The molecule has 0 aliphatic carbocycles. The number of carbonyl (C=O) groups is 1. The first-order valence-electron chi connectivity index (χ1n) is 15.5. The smallest absolute Gasteiger partial charge is 0.452 e. The Morgan fingerprint density at radius 1 is 1.17 bits per heavy atom. The van der Waals surface area contributed by atoms with Crippen molar-refractivity contribution in [3.8, 4) is 0 Å². The number of carbonyl (C=O) groups excluding carboxylic acids is 1. The van der Waals surface area contributed by atoms with Gasteiger partial charge >= 0.3 is 12.1 Å². The van der Waals surface area contributed by atoms with Crippen molar-refractivity contribution in [3.05, 3.63) is 87.0 Å². The highest BCUT2D eigenvalue weighted by molar-refractivity contribution is 7.93. The van der Waals surface area contributed by atoms with Crippen LogP contribution in [0.3, 0.4) is 0 Å². The molecule has 0 spiro atoms. The SMILES string of the molecule is CCOC(=O)CC(c1ccc(C)c(CN2C[C@@H]3CCCCN3C3=C(C=CCN3)S2(=O)=O)c1)c1ccn2c(C(F)(F)F)nnc2c1C. The Morgan fingerprint density at radius 3 is 2.74 bits per heavy atom. The van der Waals surface area contributed by atoms with Gasteiger partial charge in [-0.15, -0.1) is 10.2 Å². The van der Waals surface area contributed by atoms with Crippen LogP contribution in [0, 0.1) is 13.8 Å².